The van der Waals surface area contributed by atoms with Crippen molar-refractivity contribution in [1.29, 1.82) is 0 Å². The molecule has 0 spiro atoms. The van der Waals surface area contributed by atoms with Crippen molar-refractivity contribution in [3.8, 4) is 0 Å². The summed E-state index contributed by atoms with van der Waals surface area (Å²) >= 11 is 5.37. The Morgan fingerprint density at radius 2 is 1.95 bits per heavy atom. The molecule has 1 aliphatic rings. The number of para-hydroxylation sites is 1. The molecule has 3 rings (SSSR count). The molecule has 0 bridgehead atoms. The second kappa shape index (κ2) is 5.52. The number of rotatable bonds is 2. The summed E-state index contributed by atoms with van der Waals surface area (Å²) in [6, 6.07) is 7.58. The number of hydrogen-bond donors (Lipinski definition) is 1. The van der Waals surface area contributed by atoms with Gasteiger partial charge < -0.3 is 4.98 Å². The molecule has 106 valence electrons. The van der Waals surface area contributed by atoms with Gasteiger partial charge in [0, 0.05) is 6.54 Å². The highest BCUT2D eigenvalue weighted by Crippen LogP contribution is 2.29. The first-order valence-electron chi connectivity index (χ1n) is 7.37. The highest BCUT2D eigenvalue weighted by atomic mass is 32.1. The van der Waals surface area contributed by atoms with Crippen molar-refractivity contribution in [3.05, 3.63) is 39.4 Å². The average molecular weight is 288 g/mol. The molecule has 3 nitrogen and oxygen atoms in total. The van der Waals surface area contributed by atoms with Crippen molar-refractivity contribution in [2.75, 3.05) is 0 Å². The molecule has 0 saturated heterocycles. The van der Waals surface area contributed by atoms with Crippen LogP contribution >= 0.6 is 12.2 Å². The first-order valence-corrected chi connectivity index (χ1v) is 7.78. The molecule has 1 aromatic heterocycles. The van der Waals surface area contributed by atoms with Crippen LogP contribution in [0.2, 0.25) is 0 Å². The smallest absolute Gasteiger partial charge is 0.262 e. The summed E-state index contributed by atoms with van der Waals surface area (Å²) < 4.78 is 2.30. The lowest BCUT2D eigenvalue weighted by atomic mass is 9.83. The predicted molar refractivity (Wildman–Crippen MR) is 84.5 cm³/mol. The minimum atomic E-state index is 0.0444. The Morgan fingerprint density at radius 1 is 1.25 bits per heavy atom. The lowest BCUT2D eigenvalue weighted by Crippen LogP contribution is -2.27. The molecule has 0 unspecified atom stereocenters. The van der Waals surface area contributed by atoms with Gasteiger partial charge in [0.05, 0.1) is 10.9 Å². The first kappa shape index (κ1) is 13.6. The van der Waals surface area contributed by atoms with E-state index in [0.29, 0.717) is 10.7 Å². The number of benzene rings is 1. The van der Waals surface area contributed by atoms with Crippen molar-refractivity contribution in [3.63, 3.8) is 0 Å². The summed E-state index contributed by atoms with van der Waals surface area (Å²) in [6.45, 7) is 3.07. The van der Waals surface area contributed by atoms with E-state index in [4.69, 9.17) is 12.2 Å². The molecule has 0 radical (unpaired) electrons. The zero-order valence-corrected chi connectivity index (χ0v) is 12.6. The summed E-state index contributed by atoms with van der Waals surface area (Å²) in [5.41, 5.74) is 0.874. The van der Waals surface area contributed by atoms with Crippen LogP contribution in [0.1, 0.15) is 32.6 Å². The first-order chi connectivity index (χ1) is 9.65. The van der Waals surface area contributed by atoms with Gasteiger partial charge in [-0.2, -0.15) is 0 Å². The molecule has 1 fully saturated rings. The number of fused-ring (bicyclic) bond motifs is 1. The summed E-state index contributed by atoms with van der Waals surface area (Å²) in [7, 11) is 0. The van der Waals surface area contributed by atoms with Gasteiger partial charge in [0.25, 0.3) is 5.56 Å². The van der Waals surface area contributed by atoms with E-state index in [0.717, 1.165) is 23.4 Å². The Hall–Kier alpha value is -1.42. The summed E-state index contributed by atoms with van der Waals surface area (Å²) in [5, 5.41) is 0.727. The third-order valence-electron chi connectivity index (χ3n) is 4.47. The molecule has 2 aromatic rings. The van der Waals surface area contributed by atoms with Crippen molar-refractivity contribution < 1.29 is 0 Å². The molecule has 1 heterocycles. The SMILES string of the molecule is CC1CCC(Cn2c(=S)[nH]c3ccccc3c2=O)CC1. The summed E-state index contributed by atoms with van der Waals surface area (Å²) in [4.78, 5) is 15.7. The molecule has 1 N–H and O–H groups in total. The lowest BCUT2D eigenvalue weighted by molar-refractivity contribution is 0.261. The molecule has 4 heteroatoms. The lowest BCUT2D eigenvalue weighted by Gasteiger charge is -2.26. The summed E-state index contributed by atoms with van der Waals surface area (Å²) in [6.07, 6.45) is 4.94. The highest BCUT2D eigenvalue weighted by molar-refractivity contribution is 7.71. The molecule has 0 aliphatic heterocycles. The Kier molecular flexibility index (Phi) is 3.74. The van der Waals surface area contributed by atoms with E-state index in [1.807, 2.05) is 24.3 Å². The second-order valence-electron chi connectivity index (χ2n) is 6.02. The van der Waals surface area contributed by atoms with E-state index in [-0.39, 0.29) is 5.56 Å². The van der Waals surface area contributed by atoms with E-state index in [1.165, 1.54) is 25.7 Å². The van der Waals surface area contributed by atoms with E-state index >= 15 is 0 Å². The minimum absolute atomic E-state index is 0.0444. The number of hydrogen-bond acceptors (Lipinski definition) is 2. The molecule has 1 saturated carbocycles. The third-order valence-corrected chi connectivity index (χ3v) is 4.79. The van der Waals surface area contributed by atoms with Gasteiger partial charge in [-0.25, -0.2) is 0 Å². The van der Waals surface area contributed by atoms with Gasteiger partial charge in [-0.05, 0) is 49.0 Å². The molecular weight excluding hydrogens is 268 g/mol. The van der Waals surface area contributed by atoms with Crippen molar-refractivity contribution in [2.45, 2.75) is 39.2 Å². The van der Waals surface area contributed by atoms with Gasteiger partial charge in [0.2, 0.25) is 0 Å². The van der Waals surface area contributed by atoms with Crippen LogP contribution in [0.5, 0.6) is 0 Å². The number of aromatic nitrogens is 2. The van der Waals surface area contributed by atoms with Crippen molar-refractivity contribution in [1.82, 2.24) is 9.55 Å². The Bertz CT molecular complexity index is 723. The van der Waals surface area contributed by atoms with E-state index in [1.54, 1.807) is 4.57 Å². The van der Waals surface area contributed by atoms with Crippen molar-refractivity contribution in [2.24, 2.45) is 11.8 Å². The Morgan fingerprint density at radius 3 is 2.70 bits per heavy atom. The topological polar surface area (TPSA) is 37.8 Å². The molecule has 0 atom stereocenters. The van der Waals surface area contributed by atoms with Gasteiger partial charge in [-0.3, -0.25) is 9.36 Å². The number of H-pyrrole nitrogens is 1. The van der Waals surface area contributed by atoms with Crippen LogP contribution in [0.4, 0.5) is 0 Å². The normalized spacial score (nSPS) is 23.1. The number of nitrogens with zero attached hydrogens (tertiary/aromatic N) is 1. The fourth-order valence-corrected chi connectivity index (χ4v) is 3.40. The van der Waals surface area contributed by atoms with Gasteiger partial charge in [0.1, 0.15) is 0 Å². The predicted octanol–water partition coefficient (Wildman–Crippen LogP) is 3.89. The van der Waals surface area contributed by atoms with Crippen LogP contribution < -0.4 is 5.56 Å². The fraction of sp³-hybridized carbons (Fsp3) is 0.500. The molecular formula is C16H20N2OS. The van der Waals surface area contributed by atoms with Gasteiger partial charge in [0.15, 0.2) is 4.77 Å². The summed E-state index contributed by atoms with van der Waals surface area (Å²) in [5.74, 6) is 1.41. The average Bonchev–Trinajstić information content (AvgIpc) is 2.45. The third kappa shape index (κ3) is 2.57. The van der Waals surface area contributed by atoms with Gasteiger partial charge in [-0.1, -0.05) is 31.9 Å². The van der Waals surface area contributed by atoms with Crippen LogP contribution in [-0.4, -0.2) is 9.55 Å². The molecule has 0 amide bonds. The zero-order chi connectivity index (χ0) is 14.1. The van der Waals surface area contributed by atoms with Crippen molar-refractivity contribution >= 4 is 23.1 Å². The molecule has 20 heavy (non-hydrogen) atoms. The van der Waals surface area contributed by atoms with E-state index in [2.05, 4.69) is 11.9 Å². The Balaban J connectivity index is 1.95. The minimum Gasteiger partial charge on any atom is -0.332 e. The number of aromatic amines is 1. The number of nitrogens with one attached hydrogen (secondary N) is 1. The van der Waals surface area contributed by atoms with Crippen LogP contribution in [0.25, 0.3) is 10.9 Å². The van der Waals surface area contributed by atoms with Crippen LogP contribution in [-0.2, 0) is 6.54 Å². The molecule has 1 aliphatic carbocycles. The molecule has 1 aromatic carbocycles. The maximum absolute atomic E-state index is 12.6. The fourth-order valence-electron chi connectivity index (χ4n) is 3.13. The van der Waals surface area contributed by atoms with E-state index < -0.39 is 0 Å². The van der Waals surface area contributed by atoms with Crippen LogP contribution in [0.15, 0.2) is 29.1 Å². The maximum Gasteiger partial charge on any atom is 0.262 e. The van der Waals surface area contributed by atoms with Crippen LogP contribution in [0.3, 0.4) is 0 Å². The highest BCUT2D eigenvalue weighted by Gasteiger charge is 2.19. The largest absolute Gasteiger partial charge is 0.332 e. The maximum atomic E-state index is 12.6. The van der Waals surface area contributed by atoms with Gasteiger partial charge >= 0.3 is 0 Å². The standard InChI is InChI=1S/C16H20N2OS/c1-11-6-8-12(9-7-11)10-18-15(19)13-4-2-3-5-14(13)17-16(18)20/h2-5,11-12H,6-10H2,1H3,(H,17,20). The van der Waals surface area contributed by atoms with E-state index in [9.17, 15) is 4.79 Å². The second-order valence-corrected chi connectivity index (χ2v) is 6.40. The quantitative estimate of drug-likeness (QED) is 0.851. The zero-order valence-electron chi connectivity index (χ0n) is 11.8. The Labute approximate surface area is 123 Å². The monoisotopic (exact) mass is 288 g/mol. The van der Waals surface area contributed by atoms with Crippen LogP contribution in [0, 0.1) is 16.6 Å². The van der Waals surface area contributed by atoms with Gasteiger partial charge in [-0.15, -0.1) is 0 Å².